The highest BCUT2D eigenvalue weighted by atomic mass is 19.1. The summed E-state index contributed by atoms with van der Waals surface area (Å²) < 4.78 is 13.4. The summed E-state index contributed by atoms with van der Waals surface area (Å²) in [4.78, 5) is 13.6. The van der Waals surface area contributed by atoms with Crippen LogP contribution in [0.3, 0.4) is 0 Å². The summed E-state index contributed by atoms with van der Waals surface area (Å²) in [6, 6.07) is 8.94. The smallest absolute Gasteiger partial charge is 0.133 e. The second-order valence-corrected chi connectivity index (χ2v) is 7.15. The summed E-state index contributed by atoms with van der Waals surface area (Å²) >= 11 is 0. The van der Waals surface area contributed by atoms with Crippen LogP contribution in [-0.2, 0) is 0 Å². The Labute approximate surface area is 153 Å². The van der Waals surface area contributed by atoms with E-state index in [1.54, 1.807) is 6.07 Å². The van der Waals surface area contributed by atoms with Gasteiger partial charge in [0, 0.05) is 38.3 Å². The summed E-state index contributed by atoms with van der Waals surface area (Å²) in [6.07, 6.45) is 6.21. The number of hydrogen-bond acceptors (Lipinski definition) is 5. The van der Waals surface area contributed by atoms with Crippen molar-refractivity contribution in [1.29, 1.82) is 5.26 Å². The first-order chi connectivity index (χ1) is 12.7. The van der Waals surface area contributed by atoms with Crippen LogP contribution < -0.4 is 9.80 Å². The van der Waals surface area contributed by atoms with Crippen LogP contribution in [0, 0.1) is 17.1 Å². The van der Waals surface area contributed by atoms with Gasteiger partial charge in [-0.15, -0.1) is 0 Å². The van der Waals surface area contributed by atoms with E-state index in [2.05, 4.69) is 27.9 Å². The maximum Gasteiger partial charge on any atom is 0.133 e. The van der Waals surface area contributed by atoms with Gasteiger partial charge in [-0.1, -0.05) is 0 Å². The van der Waals surface area contributed by atoms with Crippen molar-refractivity contribution in [2.75, 3.05) is 29.9 Å². The monoisotopic (exact) mass is 351 g/mol. The van der Waals surface area contributed by atoms with Crippen molar-refractivity contribution in [3.05, 3.63) is 47.7 Å². The molecule has 2 heterocycles. The molecule has 0 radical (unpaired) electrons. The third-order valence-corrected chi connectivity index (χ3v) is 5.40. The highest BCUT2D eigenvalue weighted by Gasteiger charge is 2.28. The molecule has 2 aliphatic rings. The van der Waals surface area contributed by atoms with Gasteiger partial charge in [0.25, 0.3) is 0 Å². The topological polar surface area (TPSA) is 56.1 Å². The number of rotatable bonds is 4. The maximum atomic E-state index is 13.4. The molecule has 6 heteroatoms. The average Bonchev–Trinajstić information content (AvgIpc) is 3.53. The molecular formula is C20H22FN5. The van der Waals surface area contributed by atoms with Crippen molar-refractivity contribution in [1.82, 2.24) is 9.97 Å². The molecule has 2 fully saturated rings. The fraction of sp³-hybridized carbons (Fsp3) is 0.450. The largest absolute Gasteiger partial charge is 0.370 e. The average molecular weight is 351 g/mol. The fourth-order valence-electron chi connectivity index (χ4n) is 3.65. The summed E-state index contributed by atoms with van der Waals surface area (Å²) in [5.74, 6) is 2.14. The molecule has 26 heavy (non-hydrogen) atoms. The molecule has 0 N–H and O–H groups in total. The molecule has 1 aliphatic heterocycles. The molecular weight excluding hydrogens is 329 g/mol. The van der Waals surface area contributed by atoms with Gasteiger partial charge in [0.05, 0.1) is 11.3 Å². The zero-order chi connectivity index (χ0) is 18.1. The predicted octanol–water partition coefficient (Wildman–Crippen LogP) is 3.47. The molecule has 0 bridgehead atoms. The zero-order valence-electron chi connectivity index (χ0n) is 14.9. The zero-order valence-corrected chi connectivity index (χ0v) is 14.9. The molecule has 1 aliphatic carbocycles. The Hall–Kier alpha value is -2.68. The Bertz CT molecular complexity index is 834. The van der Waals surface area contributed by atoms with Crippen molar-refractivity contribution in [3.8, 4) is 6.07 Å². The van der Waals surface area contributed by atoms with E-state index < -0.39 is 0 Å². The molecule has 4 rings (SSSR count). The Morgan fingerprint density at radius 3 is 2.65 bits per heavy atom. The van der Waals surface area contributed by atoms with Gasteiger partial charge < -0.3 is 9.80 Å². The SMILES string of the molecule is CN(c1ccnc(C2CC2)n1)C1CCN(c2ccc(F)cc2C#N)CC1. The first-order valence-corrected chi connectivity index (χ1v) is 9.16. The molecule has 0 spiro atoms. The van der Waals surface area contributed by atoms with E-state index in [1.165, 1.54) is 25.0 Å². The normalized spacial score (nSPS) is 17.8. The third-order valence-electron chi connectivity index (χ3n) is 5.40. The van der Waals surface area contributed by atoms with Crippen molar-refractivity contribution in [2.45, 2.75) is 37.6 Å². The number of piperidine rings is 1. The summed E-state index contributed by atoms with van der Waals surface area (Å²) in [5, 5.41) is 9.27. The number of aromatic nitrogens is 2. The van der Waals surface area contributed by atoms with Gasteiger partial charge in [-0.25, -0.2) is 14.4 Å². The minimum atomic E-state index is -0.366. The standard InChI is InChI=1S/C20H22FN5/c1-25(19-6-9-23-20(24-19)14-2-3-14)17-7-10-26(11-8-17)18-5-4-16(21)12-15(18)13-22/h4-6,9,12,14,17H,2-3,7-8,10-11H2,1H3. The molecule has 0 atom stereocenters. The molecule has 1 aromatic carbocycles. The van der Waals surface area contributed by atoms with E-state index in [1.807, 2.05) is 12.3 Å². The van der Waals surface area contributed by atoms with Crippen molar-refractivity contribution >= 4 is 11.5 Å². The van der Waals surface area contributed by atoms with Gasteiger partial charge in [0.1, 0.15) is 23.5 Å². The number of hydrogen-bond donors (Lipinski definition) is 0. The van der Waals surface area contributed by atoms with Crippen LogP contribution >= 0.6 is 0 Å². The second-order valence-electron chi connectivity index (χ2n) is 7.15. The molecule has 1 aromatic heterocycles. The number of nitrogens with zero attached hydrogens (tertiary/aromatic N) is 5. The summed E-state index contributed by atoms with van der Waals surface area (Å²) in [7, 11) is 2.10. The van der Waals surface area contributed by atoms with E-state index in [9.17, 15) is 9.65 Å². The van der Waals surface area contributed by atoms with Crippen LogP contribution in [0.4, 0.5) is 15.9 Å². The van der Waals surface area contributed by atoms with Gasteiger partial charge in [0.15, 0.2) is 0 Å². The molecule has 2 aromatic rings. The molecule has 0 unspecified atom stereocenters. The first kappa shape index (κ1) is 16.8. The minimum Gasteiger partial charge on any atom is -0.370 e. The van der Waals surface area contributed by atoms with E-state index in [0.717, 1.165) is 43.3 Å². The predicted molar refractivity (Wildman–Crippen MR) is 98.8 cm³/mol. The maximum absolute atomic E-state index is 13.4. The lowest BCUT2D eigenvalue weighted by molar-refractivity contribution is 0.479. The van der Waals surface area contributed by atoms with Gasteiger partial charge in [-0.3, -0.25) is 0 Å². The second kappa shape index (κ2) is 6.91. The summed E-state index contributed by atoms with van der Waals surface area (Å²) in [5.41, 5.74) is 1.23. The van der Waals surface area contributed by atoms with Crippen LogP contribution in [0.5, 0.6) is 0 Å². The minimum absolute atomic E-state index is 0.366. The number of benzene rings is 1. The van der Waals surface area contributed by atoms with Gasteiger partial charge in [-0.2, -0.15) is 5.26 Å². The quantitative estimate of drug-likeness (QED) is 0.844. The Balaban J connectivity index is 1.43. The van der Waals surface area contributed by atoms with Crippen LogP contribution in [-0.4, -0.2) is 36.1 Å². The highest BCUT2D eigenvalue weighted by molar-refractivity contribution is 5.59. The van der Waals surface area contributed by atoms with Crippen LogP contribution in [0.2, 0.25) is 0 Å². The lowest BCUT2D eigenvalue weighted by Crippen LogP contribution is -2.44. The molecule has 5 nitrogen and oxygen atoms in total. The number of halogens is 1. The van der Waals surface area contributed by atoms with E-state index >= 15 is 0 Å². The van der Waals surface area contributed by atoms with Crippen molar-refractivity contribution in [2.24, 2.45) is 0 Å². The fourth-order valence-corrected chi connectivity index (χ4v) is 3.65. The van der Waals surface area contributed by atoms with Crippen molar-refractivity contribution < 1.29 is 4.39 Å². The van der Waals surface area contributed by atoms with E-state index in [0.29, 0.717) is 17.5 Å². The number of anilines is 2. The summed E-state index contributed by atoms with van der Waals surface area (Å²) in [6.45, 7) is 1.69. The lowest BCUT2D eigenvalue weighted by atomic mass is 10.0. The van der Waals surface area contributed by atoms with Crippen LogP contribution in [0.1, 0.15) is 43.0 Å². The van der Waals surface area contributed by atoms with Crippen LogP contribution in [0.15, 0.2) is 30.5 Å². The third kappa shape index (κ3) is 3.34. The Morgan fingerprint density at radius 2 is 1.96 bits per heavy atom. The van der Waals surface area contributed by atoms with Gasteiger partial charge >= 0.3 is 0 Å². The lowest BCUT2D eigenvalue weighted by Gasteiger charge is -2.38. The van der Waals surface area contributed by atoms with E-state index in [-0.39, 0.29) is 5.82 Å². The first-order valence-electron chi connectivity index (χ1n) is 9.16. The van der Waals surface area contributed by atoms with Gasteiger partial charge in [-0.05, 0) is 49.9 Å². The molecule has 0 amide bonds. The number of nitriles is 1. The highest BCUT2D eigenvalue weighted by Crippen LogP contribution is 2.38. The van der Waals surface area contributed by atoms with Crippen molar-refractivity contribution in [3.63, 3.8) is 0 Å². The van der Waals surface area contributed by atoms with Crippen LogP contribution in [0.25, 0.3) is 0 Å². The Morgan fingerprint density at radius 1 is 1.19 bits per heavy atom. The Kier molecular flexibility index (Phi) is 4.46. The molecule has 1 saturated carbocycles. The van der Waals surface area contributed by atoms with Gasteiger partial charge in [0.2, 0.25) is 0 Å². The molecule has 134 valence electrons. The van der Waals surface area contributed by atoms with E-state index in [4.69, 9.17) is 4.98 Å². The molecule has 1 saturated heterocycles.